The fraction of sp³-hybridized carbons (Fsp3) is 0.227. The van der Waals surface area contributed by atoms with Crippen LogP contribution in [0.5, 0.6) is 11.5 Å². The summed E-state index contributed by atoms with van der Waals surface area (Å²) in [5.74, 6) is 0.166. The van der Waals surface area contributed by atoms with Crippen molar-refractivity contribution in [2.24, 2.45) is 0 Å². The summed E-state index contributed by atoms with van der Waals surface area (Å²) in [6, 6.07) is 16.6. The Hall–Kier alpha value is -3.26. The third kappa shape index (κ3) is 5.64. The average Bonchev–Trinajstić information content (AvgIpc) is 3.00. The Morgan fingerprint density at radius 1 is 1.00 bits per heavy atom. The van der Waals surface area contributed by atoms with E-state index in [0.29, 0.717) is 24.5 Å². The molecule has 0 spiro atoms. The molecular weight excluding hydrogens is 406 g/mol. The lowest BCUT2D eigenvalue weighted by atomic mass is 10.2. The van der Waals surface area contributed by atoms with Crippen molar-refractivity contribution in [3.8, 4) is 11.5 Å². The second-order valence-corrected chi connectivity index (χ2v) is 7.11. The van der Waals surface area contributed by atoms with E-state index < -0.39 is 23.7 Å². The van der Waals surface area contributed by atoms with E-state index >= 15 is 0 Å². The number of para-hydroxylation sites is 2. The number of esters is 1. The molecule has 8 heteroatoms. The molecule has 30 heavy (non-hydrogen) atoms. The molecular formula is C22H21NO6S. The first-order valence-corrected chi connectivity index (χ1v) is 10.2. The molecule has 0 unspecified atom stereocenters. The molecule has 7 nitrogen and oxygen atoms in total. The number of carbonyl (C=O) groups excluding carboxylic acids is 3. The van der Waals surface area contributed by atoms with Crippen molar-refractivity contribution in [3.63, 3.8) is 0 Å². The molecule has 0 atom stereocenters. The molecule has 2 amide bonds. The molecule has 2 aromatic rings. The van der Waals surface area contributed by atoms with Gasteiger partial charge in [-0.1, -0.05) is 36.4 Å². The number of rotatable bonds is 9. The predicted molar refractivity (Wildman–Crippen MR) is 113 cm³/mol. The summed E-state index contributed by atoms with van der Waals surface area (Å²) in [5.41, 5.74) is 0.652. The van der Waals surface area contributed by atoms with Crippen LogP contribution >= 0.6 is 11.8 Å². The maximum absolute atomic E-state index is 12.5. The van der Waals surface area contributed by atoms with Gasteiger partial charge in [0.2, 0.25) is 0 Å². The van der Waals surface area contributed by atoms with Gasteiger partial charge >= 0.3 is 5.97 Å². The topological polar surface area (TPSA) is 82.1 Å². The zero-order chi connectivity index (χ0) is 21.3. The molecule has 0 bridgehead atoms. The Labute approximate surface area is 178 Å². The van der Waals surface area contributed by atoms with E-state index in [1.807, 2.05) is 42.5 Å². The maximum Gasteiger partial charge on any atom is 0.326 e. The summed E-state index contributed by atoms with van der Waals surface area (Å²) in [7, 11) is 0. The van der Waals surface area contributed by atoms with E-state index in [-0.39, 0.29) is 11.5 Å². The summed E-state index contributed by atoms with van der Waals surface area (Å²) in [6.45, 7) is 2.11. The van der Waals surface area contributed by atoms with Crippen LogP contribution in [0.1, 0.15) is 12.5 Å². The standard InChI is InChI=1S/C22H21NO6S/c1-2-27-20(24)15-23-21(25)19(30-22(23)26)14-16-8-6-7-11-18(16)29-13-12-28-17-9-4-3-5-10-17/h3-11,14H,2,12-13,15H2,1H3/b19-14+. The van der Waals surface area contributed by atoms with E-state index in [1.54, 1.807) is 25.1 Å². The highest BCUT2D eigenvalue weighted by Crippen LogP contribution is 2.33. The second-order valence-electron chi connectivity index (χ2n) is 6.12. The lowest BCUT2D eigenvalue weighted by Crippen LogP contribution is -2.34. The predicted octanol–water partition coefficient (Wildman–Crippen LogP) is 3.74. The van der Waals surface area contributed by atoms with Crippen LogP contribution in [0.4, 0.5) is 4.79 Å². The van der Waals surface area contributed by atoms with Crippen LogP contribution in [0, 0.1) is 0 Å². The van der Waals surface area contributed by atoms with Crippen molar-refractivity contribution >= 4 is 35.0 Å². The monoisotopic (exact) mass is 427 g/mol. The quantitative estimate of drug-likeness (QED) is 0.342. The molecule has 1 aliphatic heterocycles. The van der Waals surface area contributed by atoms with Crippen LogP contribution in [0.15, 0.2) is 59.5 Å². The van der Waals surface area contributed by atoms with Crippen molar-refractivity contribution in [2.45, 2.75) is 6.92 Å². The first kappa shape index (κ1) is 21.4. The van der Waals surface area contributed by atoms with Gasteiger partial charge in [-0.15, -0.1) is 0 Å². The van der Waals surface area contributed by atoms with E-state index in [0.717, 1.165) is 22.4 Å². The smallest absolute Gasteiger partial charge is 0.326 e. The second kappa shape index (κ2) is 10.5. The van der Waals surface area contributed by atoms with E-state index in [2.05, 4.69) is 0 Å². The van der Waals surface area contributed by atoms with Crippen molar-refractivity contribution < 1.29 is 28.6 Å². The van der Waals surface area contributed by atoms with Gasteiger partial charge in [0.1, 0.15) is 31.3 Å². The highest BCUT2D eigenvalue weighted by molar-refractivity contribution is 8.18. The Morgan fingerprint density at radius 3 is 2.47 bits per heavy atom. The number of amides is 2. The van der Waals surface area contributed by atoms with Crippen LogP contribution in [0.25, 0.3) is 6.08 Å². The van der Waals surface area contributed by atoms with Gasteiger partial charge in [0, 0.05) is 5.56 Å². The minimum atomic E-state index is -0.622. The Balaban J connectivity index is 1.63. The largest absolute Gasteiger partial charge is 0.490 e. The van der Waals surface area contributed by atoms with Crippen LogP contribution < -0.4 is 9.47 Å². The van der Waals surface area contributed by atoms with Crippen LogP contribution in [-0.4, -0.2) is 48.4 Å². The van der Waals surface area contributed by atoms with Crippen molar-refractivity contribution in [1.82, 2.24) is 4.90 Å². The molecule has 1 heterocycles. The highest BCUT2D eigenvalue weighted by Gasteiger charge is 2.36. The van der Waals surface area contributed by atoms with Gasteiger partial charge < -0.3 is 14.2 Å². The van der Waals surface area contributed by atoms with Crippen molar-refractivity contribution in [3.05, 3.63) is 65.1 Å². The molecule has 0 aromatic heterocycles. The Morgan fingerprint density at radius 2 is 1.70 bits per heavy atom. The normalized spacial score (nSPS) is 14.8. The van der Waals surface area contributed by atoms with Crippen LogP contribution in [-0.2, 0) is 14.3 Å². The van der Waals surface area contributed by atoms with Crippen molar-refractivity contribution in [2.75, 3.05) is 26.4 Å². The number of carbonyl (C=O) groups is 3. The number of nitrogens with zero attached hydrogens (tertiary/aromatic N) is 1. The molecule has 0 saturated carbocycles. The maximum atomic E-state index is 12.5. The number of hydrogen-bond donors (Lipinski definition) is 0. The number of imide groups is 1. The zero-order valence-corrected chi connectivity index (χ0v) is 17.2. The SMILES string of the molecule is CCOC(=O)CN1C(=O)S/C(=C/c2ccccc2OCCOc2ccccc2)C1=O. The summed E-state index contributed by atoms with van der Waals surface area (Å²) in [5, 5.41) is -0.506. The van der Waals surface area contributed by atoms with Gasteiger partial charge in [-0.3, -0.25) is 19.3 Å². The van der Waals surface area contributed by atoms with Gasteiger partial charge in [-0.2, -0.15) is 0 Å². The summed E-state index contributed by atoms with van der Waals surface area (Å²) in [4.78, 5) is 37.4. The van der Waals surface area contributed by atoms with E-state index in [1.165, 1.54) is 0 Å². The third-order valence-corrected chi connectivity index (χ3v) is 4.93. The molecule has 1 aliphatic rings. The number of hydrogen-bond acceptors (Lipinski definition) is 7. The molecule has 0 radical (unpaired) electrons. The van der Waals surface area contributed by atoms with E-state index in [9.17, 15) is 14.4 Å². The molecule has 3 rings (SSSR count). The summed E-state index contributed by atoms with van der Waals surface area (Å²) < 4.78 is 16.2. The third-order valence-electron chi connectivity index (χ3n) is 4.02. The Bertz CT molecular complexity index is 944. The van der Waals surface area contributed by atoms with E-state index in [4.69, 9.17) is 14.2 Å². The van der Waals surface area contributed by atoms with Gasteiger partial charge in [-0.05, 0) is 43.0 Å². The van der Waals surface area contributed by atoms with Gasteiger partial charge in [0.15, 0.2) is 0 Å². The van der Waals surface area contributed by atoms with Crippen LogP contribution in [0.3, 0.4) is 0 Å². The first-order chi connectivity index (χ1) is 14.6. The van der Waals surface area contributed by atoms with Crippen LogP contribution in [0.2, 0.25) is 0 Å². The van der Waals surface area contributed by atoms with Gasteiger partial charge in [-0.25, -0.2) is 0 Å². The number of thioether (sulfide) groups is 1. The molecule has 0 aliphatic carbocycles. The molecule has 0 N–H and O–H groups in total. The molecule has 1 fully saturated rings. The summed E-state index contributed by atoms with van der Waals surface area (Å²) >= 11 is 0.782. The molecule has 156 valence electrons. The fourth-order valence-corrected chi connectivity index (χ4v) is 3.50. The first-order valence-electron chi connectivity index (χ1n) is 9.39. The Kier molecular flexibility index (Phi) is 7.51. The average molecular weight is 427 g/mol. The molecule has 2 aromatic carbocycles. The molecule has 1 saturated heterocycles. The number of ether oxygens (including phenoxy) is 3. The lowest BCUT2D eigenvalue weighted by Gasteiger charge is -2.11. The highest BCUT2D eigenvalue weighted by atomic mass is 32.2. The van der Waals surface area contributed by atoms with Gasteiger partial charge in [0.05, 0.1) is 11.5 Å². The minimum Gasteiger partial charge on any atom is -0.490 e. The van der Waals surface area contributed by atoms with Gasteiger partial charge in [0.25, 0.3) is 11.1 Å². The number of benzene rings is 2. The minimum absolute atomic E-state index is 0.184. The van der Waals surface area contributed by atoms with Crippen molar-refractivity contribution in [1.29, 1.82) is 0 Å². The summed E-state index contributed by atoms with van der Waals surface area (Å²) in [6.07, 6.45) is 1.59. The fourth-order valence-electron chi connectivity index (χ4n) is 2.67. The lowest BCUT2D eigenvalue weighted by molar-refractivity contribution is -0.145. The zero-order valence-electron chi connectivity index (χ0n) is 16.4.